The molecule has 8 nitrogen and oxygen atoms in total. The van der Waals surface area contributed by atoms with Crippen molar-refractivity contribution in [3.8, 4) is 5.75 Å². The van der Waals surface area contributed by atoms with Crippen LogP contribution in [0.25, 0.3) is 0 Å². The van der Waals surface area contributed by atoms with E-state index in [0.29, 0.717) is 5.56 Å². The van der Waals surface area contributed by atoms with Crippen LogP contribution in [-0.2, 0) is 14.3 Å². The van der Waals surface area contributed by atoms with Crippen molar-refractivity contribution in [3.63, 3.8) is 0 Å². The number of rotatable bonds is 8. The summed E-state index contributed by atoms with van der Waals surface area (Å²) in [6.07, 6.45) is 0.781. The molecule has 3 amide bonds. The molecule has 0 spiro atoms. The Morgan fingerprint density at radius 3 is 2.17 bits per heavy atom. The first kappa shape index (κ1) is 25.0. The fraction of sp³-hybridized carbons (Fsp3) is 0.500. The Balaban J connectivity index is 3.21. The molecule has 2 atom stereocenters. The van der Waals surface area contributed by atoms with Crippen molar-refractivity contribution in [3.05, 3.63) is 42.5 Å². The van der Waals surface area contributed by atoms with Crippen LogP contribution < -0.4 is 10.6 Å². The van der Waals surface area contributed by atoms with E-state index in [2.05, 4.69) is 17.2 Å². The largest absolute Gasteiger partial charge is 0.508 e. The van der Waals surface area contributed by atoms with Crippen molar-refractivity contribution in [2.24, 2.45) is 0 Å². The zero-order chi connectivity index (χ0) is 23.1. The summed E-state index contributed by atoms with van der Waals surface area (Å²) in [4.78, 5) is 39.6. The summed E-state index contributed by atoms with van der Waals surface area (Å²) in [6, 6.07) is 4.00. The minimum atomic E-state index is -0.971. The third kappa shape index (κ3) is 7.77. The first-order chi connectivity index (χ1) is 13.9. The lowest BCUT2D eigenvalue weighted by Crippen LogP contribution is -2.52. The quantitative estimate of drug-likeness (QED) is 0.562. The maximum atomic E-state index is 13.2. The number of nitrogens with zero attached hydrogens (tertiary/aromatic N) is 1. The number of amides is 3. The Morgan fingerprint density at radius 1 is 1.13 bits per heavy atom. The first-order valence-corrected chi connectivity index (χ1v) is 9.86. The predicted molar refractivity (Wildman–Crippen MR) is 115 cm³/mol. The second-order valence-electron chi connectivity index (χ2n) is 8.30. The molecular weight excluding hydrogens is 386 g/mol. The lowest BCUT2D eigenvalue weighted by molar-refractivity contribution is -0.141. The standard InChI is InChI=1S/C22H33N3O5/c1-8-13-25(20(28)15(4)24-21(29)30-22(5,6)7)18(19(27)23-14(2)3)16-9-11-17(26)12-10-16/h8-12,14-15,18,26H,1,13H2,2-7H3,(H,23,27)(H,24,29). The molecule has 0 bridgehead atoms. The van der Waals surface area contributed by atoms with Gasteiger partial charge in [0.1, 0.15) is 23.4 Å². The van der Waals surface area contributed by atoms with Gasteiger partial charge in [-0.1, -0.05) is 18.2 Å². The zero-order valence-electron chi connectivity index (χ0n) is 18.6. The molecule has 0 heterocycles. The highest BCUT2D eigenvalue weighted by molar-refractivity contribution is 5.92. The van der Waals surface area contributed by atoms with E-state index in [9.17, 15) is 19.5 Å². The van der Waals surface area contributed by atoms with E-state index in [0.717, 1.165) is 0 Å². The molecular formula is C22H33N3O5. The molecule has 0 fully saturated rings. The van der Waals surface area contributed by atoms with Gasteiger partial charge in [-0.3, -0.25) is 9.59 Å². The van der Waals surface area contributed by atoms with Crippen LogP contribution in [0, 0.1) is 0 Å². The number of aromatic hydroxyl groups is 1. The summed E-state index contributed by atoms with van der Waals surface area (Å²) >= 11 is 0. The van der Waals surface area contributed by atoms with Crippen LogP contribution in [0.4, 0.5) is 4.79 Å². The Hall–Kier alpha value is -3.03. The molecule has 0 radical (unpaired) electrons. The second-order valence-corrected chi connectivity index (χ2v) is 8.30. The van der Waals surface area contributed by atoms with E-state index in [1.54, 1.807) is 32.9 Å². The first-order valence-electron chi connectivity index (χ1n) is 9.86. The van der Waals surface area contributed by atoms with Crippen LogP contribution >= 0.6 is 0 Å². The number of nitrogens with one attached hydrogen (secondary N) is 2. The molecule has 166 valence electrons. The lowest BCUT2D eigenvalue weighted by atomic mass is 10.0. The monoisotopic (exact) mass is 419 g/mol. The van der Waals surface area contributed by atoms with Gasteiger partial charge < -0.3 is 25.4 Å². The average Bonchev–Trinajstić information content (AvgIpc) is 2.59. The van der Waals surface area contributed by atoms with E-state index < -0.39 is 29.7 Å². The maximum absolute atomic E-state index is 13.2. The minimum Gasteiger partial charge on any atom is -0.508 e. The molecule has 30 heavy (non-hydrogen) atoms. The Kier molecular flexibility index (Phi) is 8.89. The number of benzene rings is 1. The number of alkyl carbamates (subject to hydrolysis) is 1. The zero-order valence-corrected chi connectivity index (χ0v) is 18.6. The normalized spacial score (nSPS) is 13.2. The smallest absolute Gasteiger partial charge is 0.408 e. The van der Waals surface area contributed by atoms with E-state index >= 15 is 0 Å². The number of hydrogen-bond acceptors (Lipinski definition) is 5. The third-order valence-electron chi connectivity index (χ3n) is 3.91. The van der Waals surface area contributed by atoms with Crippen molar-refractivity contribution in [1.29, 1.82) is 0 Å². The number of carbonyl (C=O) groups excluding carboxylic acids is 3. The molecule has 0 saturated heterocycles. The van der Waals surface area contributed by atoms with Crippen molar-refractivity contribution in [2.45, 2.75) is 65.3 Å². The molecule has 1 aromatic carbocycles. The highest BCUT2D eigenvalue weighted by atomic mass is 16.6. The Morgan fingerprint density at radius 2 is 1.70 bits per heavy atom. The van der Waals surface area contributed by atoms with Gasteiger partial charge in [0, 0.05) is 12.6 Å². The van der Waals surface area contributed by atoms with E-state index in [1.165, 1.54) is 30.0 Å². The summed E-state index contributed by atoms with van der Waals surface area (Å²) in [5.41, 5.74) is -0.190. The Labute approximate surface area is 178 Å². The van der Waals surface area contributed by atoms with Crippen molar-refractivity contribution < 1.29 is 24.2 Å². The van der Waals surface area contributed by atoms with Gasteiger partial charge in [0.2, 0.25) is 11.8 Å². The predicted octanol–water partition coefficient (Wildman–Crippen LogP) is 2.89. The third-order valence-corrected chi connectivity index (χ3v) is 3.91. The topological polar surface area (TPSA) is 108 Å². The minimum absolute atomic E-state index is 0.0447. The number of carbonyl (C=O) groups is 3. The maximum Gasteiger partial charge on any atom is 0.408 e. The molecule has 3 N–H and O–H groups in total. The van der Waals surface area contributed by atoms with Gasteiger partial charge in [0.15, 0.2) is 0 Å². The fourth-order valence-electron chi connectivity index (χ4n) is 2.75. The van der Waals surface area contributed by atoms with Gasteiger partial charge in [-0.05, 0) is 59.2 Å². The second kappa shape index (κ2) is 10.7. The van der Waals surface area contributed by atoms with Crippen molar-refractivity contribution >= 4 is 17.9 Å². The fourth-order valence-corrected chi connectivity index (χ4v) is 2.75. The van der Waals surface area contributed by atoms with Crippen molar-refractivity contribution in [2.75, 3.05) is 6.54 Å². The summed E-state index contributed by atoms with van der Waals surface area (Å²) in [5, 5.41) is 14.9. The van der Waals surface area contributed by atoms with E-state index in [1.807, 2.05) is 13.8 Å². The molecule has 1 aromatic rings. The number of hydrogen-bond donors (Lipinski definition) is 3. The van der Waals surface area contributed by atoms with E-state index in [4.69, 9.17) is 4.74 Å². The van der Waals surface area contributed by atoms with Crippen LogP contribution in [0.1, 0.15) is 53.1 Å². The van der Waals surface area contributed by atoms with Gasteiger partial charge >= 0.3 is 6.09 Å². The van der Waals surface area contributed by atoms with Gasteiger partial charge in [-0.2, -0.15) is 0 Å². The molecule has 0 aliphatic rings. The average molecular weight is 420 g/mol. The summed E-state index contributed by atoms with van der Waals surface area (Å²) in [5.74, 6) is -0.809. The van der Waals surface area contributed by atoms with Gasteiger partial charge in [0.05, 0.1) is 0 Å². The van der Waals surface area contributed by atoms with Crippen LogP contribution in [-0.4, -0.2) is 52.1 Å². The molecule has 1 rings (SSSR count). The van der Waals surface area contributed by atoms with Gasteiger partial charge in [0.25, 0.3) is 0 Å². The van der Waals surface area contributed by atoms with Crippen LogP contribution in [0.5, 0.6) is 5.75 Å². The highest BCUT2D eigenvalue weighted by Gasteiger charge is 2.34. The number of phenolic OH excluding ortho intramolecular Hbond substituents is 1. The molecule has 0 aromatic heterocycles. The number of ether oxygens (including phenoxy) is 1. The van der Waals surface area contributed by atoms with Crippen molar-refractivity contribution in [1.82, 2.24) is 15.5 Å². The van der Waals surface area contributed by atoms with Crippen LogP contribution in [0.2, 0.25) is 0 Å². The summed E-state index contributed by atoms with van der Waals surface area (Å²) < 4.78 is 5.21. The Bertz CT molecular complexity index is 753. The lowest BCUT2D eigenvalue weighted by Gasteiger charge is -2.33. The summed E-state index contributed by atoms with van der Waals surface area (Å²) in [7, 11) is 0. The number of phenols is 1. The highest BCUT2D eigenvalue weighted by Crippen LogP contribution is 2.24. The van der Waals surface area contributed by atoms with Gasteiger partial charge in [-0.15, -0.1) is 6.58 Å². The van der Waals surface area contributed by atoms with Crippen LogP contribution in [0.15, 0.2) is 36.9 Å². The molecule has 0 aliphatic carbocycles. The molecule has 0 saturated carbocycles. The molecule has 8 heteroatoms. The SMILES string of the molecule is C=CCN(C(=O)C(C)NC(=O)OC(C)(C)C)C(C(=O)NC(C)C)c1ccc(O)cc1. The van der Waals surface area contributed by atoms with Gasteiger partial charge in [-0.25, -0.2) is 4.79 Å². The summed E-state index contributed by atoms with van der Waals surface area (Å²) in [6.45, 7) is 14.1. The van der Waals surface area contributed by atoms with E-state index in [-0.39, 0.29) is 24.2 Å². The van der Waals surface area contributed by atoms with Crippen LogP contribution in [0.3, 0.4) is 0 Å². The molecule has 2 unspecified atom stereocenters. The molecule has 0 aliphatic heterocycles.